The Morgan fingerprint density at radius 2 is 1.87 bits per heavy atom. The largest absolute Gasteiger partial charge is 0.492 e. The molecule has 0 saturated heterocycles. The molecule has 1 rings (SSSR count). The van der Waals surface area contributed by atoms with Crippen LogP contribution in [0, 0.1) is 6.92 Å². The highest BCUT2D eigenvalue weighted by atomic mass is 16.5. The third kappa shape index (κ3) is 4.34. The van der Waals surface area contributed by atoms with Crippen molar-refractivity contribution in [2.75, 3.05) is 6.61 Å². The van der Waals surface area contributed by atoms with E-state index in [2.05, 4.69) is 39.1 Å². The van der Waals surface area contributed by atoms with Crippen LogP contribution in [0.3, 0.4) is 0 Å². The van der Waals surface area contributed by atoms with Crippen molar-refractivity contribution in [3.63, 3.8) is 0 Å². The van der Waals surface area contributed by atoms with Gasteiger partial charge < -0.3 is 10.1 Å². The standard InChI is InChI=1S/C13H21NO/c1-10(2)14-12(4)9-15-13-8-6-5-7-11(13)3/h5-8,10,12,14H,9H2,1-4H3. The maximum absolute atomic E-state index is 5.74. The molecule has 1 N–H and O–H groups in total. The molecule has 15 heavy (non-hydrogen) atoms. The van der Waals surface area contributed by atoms with E-state index in [1.165, 1.54) is 5.56 Å². The Bertz CT molecular complexity index is 296. The van der Waals surface area contributed by atoms with Crippen molar-refractivity contribution < 1.29 is 4.74 Å². The van der Waals surface area contributed by atoms with Gasteiger partial charge in [0.2, 0.25) is 0 Å². The van der Waals surface area contributed by atoms with Crippen molar-refractivity contribution in [3.8, 4) is 5.75 Å². The lowest BCUT2D eigenvalue weighted by atomic mass is 10.2. The van der Waals surface area contributed by atoms with Crippen molar-refractivity contribution in [2.24, 2.45) is 0 Å². The van der Waals surface area contributed by atoms with Crippen molar-refractivity contribution in [1.29, 1.82) is 0 Å². The van der Waals surface area contributed by atoms with Crippen LogP contribution >= 0.6 is 0 Å². The fourth-order valence-electron chi connectivity index (χ4n) is 1.55. The maximum Gasteiger partial charge on any atom is 0.122 e. The predicted octanol–water partition coefficient (Wildman–Crippen LogP) is 2.76. The topological polar surface area (TPSA) is 21.3 Å². The van der Waals surface area contributed by atoms with Gasteiger partial charge in [-0.25, -0.2) is 0 Å². The van der Waals surface area contributed by atoms with Gasteiger partial charge in [-0.05, 0) is 25.5 Å². The summed E-state index contributed by atoms with van der Waals surface area (Å²) in [6.45, 7) is 9.20. The zero-order valence-corrected chi connectivity index (χ0v) is 10.1. The van der Waals surface area contributed by atoms with Crippen molar-refractivity contribution in [3.05, 3.63) is 29.8 Å². The second-order valence-corrected chi connectivity index (χ2v) is 4.30. The summed E-state index contributed by atoms with van der Waals surface area (Å²) in [6, 6.07) is 8.99. The average Bonchev–Trinajstić information content (AvgIpc) is 2.15. The third-order valence-electron chi connectivity index (χ3n) is 2.20. The maximum atomic E-state index is 5.74. The van der Waals surface area contributed by atoms with Crippen LogP contribution in [0.2, 0.25) is 0 Å². The first-order valence-corrected chi connectivity index (χ1v) is 5.54. The molecule has 2 heteroatoms. The van der Waals surface area contributed by atoms with Crippen molar-refractivity contribution >= 4 is 0 Å². The molecular formula is C13H21NO. The summed E-state index contributed by atoms with van der Waals surface area (Å²) in [7, 11) is 0. The van der Waals surface area contributed by atoms with Gasteiger partial charge in [-0.2, -0.15) is 0 Å². The van der Waals surface area contributed by atoms with E-state index >= 15 is 0 Å². The second kappa shape index (κ2) is 5.76. The molecular weight excluding hydrogens is 186 g/mol. The van der Waals surface area contributed by atoms with Crippen LogP contribution in [0.5, 0.6) is 5.75 Å². The van der Waals surface area contributed by atoms with E-state index < -0.39 is 0 Å². The fourth-order valence-corrected chi connectivity index (χ4v) is 1.55. The predicted molar refractivity (Wildman–Crippen MR) is 64.4 cm³/mol. The summed E-state index contributed by atoms with van der Waals surface area (Å²) in [4.78, 5) is 0. The minimum Gasteiger partial charge on any atom is -0.492 e. The molecule has 0 aliphatic rings. The minimum atomic E-state index is 0.379. The van der Waals surface area contributed by atoms with Crippen LogP contribution in [0.1, 0.15) is 26.3 Å². The first-order valence-electron chi connectivity index (χ1n) is 5.54. The molecule has 0 bridgehead atoms. The molecule has 0 saturated carbocycles. The summed E-state index contributed by atoms with van der Waals surface area (Å²) >= 11 is 0. The summed E-state index contributed by atoms with van der Waals surface area (Å²) < 4.78 is 5.74. The molecule has 0 fully saturated rings. The lowest BCUT2D eigenvalue weighted by molar-refractivity contribution is 0.264. The summed E-state index contributed by atoms with van der Waals surface area (Å²) in [5.74, 6) is 0.981. The minimum absolute atomic E-state index is 0.379. The Kier molecular flexibility index (Phi) is 4.63. The van der Waals surface area contributed by atoms with Gasteiger partial charge in [-0.15, -0.1) is 0 Å². The smallest absolute Gasteiger partial charge is 0.122 e. The number of hydrogen-bond acceptors (Lipinski definition) is 2. The van der Waals surface area contributed by atoms with Gasteiger partial charge in [0.1, 0.15) is 12.4 Å². The molecule has 0 heterocycles. The molecule has 0 aliphatic heterocycles. The monoisotopic (exact) mass is 207 g/mol. The summed E-state index contributed by atoms with van der Waals surface area (Å²) in [6.07, 6.45) is 0. The first kappa shape index (κ1) is 12.1. The van der Waals surface area contributed by atoms with Crippen LogP contribution in [0.4, 0.5) is 0 Å². The van der Waals surface area contributed by atoms with E-state index in [1.807, 2.05) is 18.2 Å². The zero-order valence-electron chi connectivity index (χ0n) is 10.1. The molecule has 0 aromatic heterocycles. The highest BCUT2D eigenvalue weighted by Crippen LogP contribution is 2.16. The number of benzene rings is 1. The van der Waals surface area contributed by atoms with E-state index in [0.717, 1.165) is 5.75 Å². The zero-order chi connectivity index (χ0) is 11.3. The van der Waals surface area contributed by atoms with Crippen LogP contribution in [-0.2, 0) is 0 Å². The molecule has 0 radical (unpaired) electrons. The number of hydrogen-bond donors (Lipinski definition) is 1. The molecule has 1 atom stereocenters. The van der Waals surface area contributed by atoms with Gasteiger partial charge in [0.15, 0.2) is 0 Å². The molecule has 0 spiro atoms. The number of aryl methyl sites for hydroxylation is 1. The van der Waals surface area contributed by atoms with Gasteiger partial charge in [0, 0.05) is 12.1 Å². The van der Waals surface area contributed by atoms with Gasteiger partial charge in [0.05, 0.1) is 0 Å². The van der Waals surface area contributed by atoms with Gasteiger partial charge >= 0.3 is 0 Å². The highest BCUT2D eigenvalue weighted by molar-refractivity contribution is 5.31. The van der Waals surface area contributed by atoms with Crippen LogP contribution in [0.15, 0.2) is 24.3 Å². The normalized spacial score (nSPS) is 12.9. The molecule has 2 nitrogen and oxygen atoms in total. The van der Waals surface area contributed by atoms with E-state index in [-0.39, 0.29) is 0 Å². The number of para-hydroxylation sites is 1. The quantitative estimate of drug-likeness (QED) is 0.801. The molecule has 1 unspecified atom stereocenters. The average molecular weight is 207 g/mol. The third-order valence-corrected chi connectivity index (χ3v) is 2.20. The van der Waals surface area contributed by atoms with E-state index in [9.17, 15) is 0 Å². The molecule has 1 aromatic rings. The van der Waals surface area contributed by atoms with Crippen molar-refractivity contribution in [1.82, 2.24) is 5.32 Å². The second-order valence-electron chi connectivity index (χ2n) is 4.30. The van der Waals surface area contributed by atoms with Crippen LogP contribution < -0.4 is 10.1 Å². The SMILES string of the molecule is Cc1ccccc1OCC(C)NC(C)C. The Hall–Kier alpha value is -1.02. The molecule has 0 amide bonds. The number of nitrogens with one attached hydrogen (secondary N) is 1. The lowest BCUT2D eigenvalue weighted by Crippen LogP contribution is -2.36. The fraction of sp³-hybridized carbons (Fsp3) is 0.538. The molecule has 0 aliphatic carbocycles. The van der Waals surface area contributed by atoms with Crippen LogP contribution in [-0.4, -0.2) is 18.7 Å². The van der Waals surface area contributed by atoms with E-state index in [4.69, 9.17) is 4.74 Å². The Labute approximate surface area is 92.6 Å². The lowest BCUT2D eigenvalue weighted by Gasteiger charge is -2.18. The Balaban J connectivity index is 2.40. The highest BCUT2D eigenvalue weighted by Gasteiger charge is 2.05. The van der Waals surface area contributed by atoms with E-state index in [1.54, 1.807) is 0 Å². The van der Waals surface area contributed by atoms with E-state index in [0.29, 0.717) is 18.7 Å². The summed E-state index contributed by atoms with van der Waals surface area (Å²) in [5, 5.41) is 3.41. The summed E-state index contributed by atoms with van der Waals surface area (Å²) in [5.41, 5.74) is 1.19. The molecule has 84 valence electrons. The Morgan fingerprint density at radius 3 is 2.47 bits per heavy atom. The van der Waals surface area contributed by atoms with Gasteiger partial charge in [0.25, 0.3) is 0 Å². The van der Waals surface area contributed by atoms with Crippen molar-refractivity contribution in [2.45, 2.75) is 39.8 Å². The number of rotatable bonds is 5. The molecule has 1 aromatic carbocycles. The van der Waals surface area contributed by atoms with Gasteiger partial charge in [-0.3, -0.25) is 0 Å². The Morgan fingerprint density at radius 1 is 1.20 bits per heavy atom. The van der Waals surface area contributed by atoms with Gasteiger partial charge in [-0.1, -0.05) is 32.0 Å². The van der Waals surface area contributed by atoms with Crippen LogP contribution in [0.25, 0.3) is 0 Å². The number of ether oxygens (including phenoxy) is 1. The first-order chi connectivity index (χ1) is 7.09.